The van der Waals surface area contributed by atoms with Crippen LogP contribution in [-0.4, -0.2) is 39.5 Å². The van der Waals surface area contributed by atoms with Gasteiger partial charge in [0.1, 0.15) is 0 Å². The Kier molecular flexibility index (Phi) is 4.29. The number of rotatable bonds is 4. The second-order valence-corrected chi connectivity index (χ2v) is 7.63. The molecule has 6 nitrogen and oxygen atoms in total. The molecule has 2 fully saturated rings. The summed E-state index contributed by atoms with van der Waals surface area (Å²) in [5, 5.41) is 0. The number of benzene rings is 1. The first-order chi connectivity index (χ1) is 10.5. The molecule has 1 aromatic rings. The Balaban J connectivity index is 1.86. The summed E-state index contributed by atoms with van der Waals surface area (Å²) in [6.07, 6.45) is 4.74. The molecule has 1 aliphatic heterocycles. The van der Waals surface area contributed by atoms with Gasteiger partial charge < -0.3 is 9.47 Å². The van der Waals surface area contributed by atoms with Crippen molar-refractivity contribution in [2.24, 2.45) is 0 Å². The van der Waals surface area contributed by atoms with Crippen LogP contribution in [0.1, 0.15) is 37.3 Å². The molecule has 1 unspecified atom stereocenters. The average molecular weight is 326 g/mol. The van der Waals surface area contributed by atoms with Gasteiger partial charge in [-0.15, -0.1) is 0 Å². The summed E-state index contributed by atoms with van der Waals surface area (Å²) in [6.45, 7) is 0.369. The summed E-state index contributed by atoms with van der Waals surface area (Å²) in [6, 6.07) is 5.42. The molecule has 0 bridgehead atoms. The SMILES string of the molecule is COc1ccc(C2CNS(=O)(=O)N2C)cc1OC1CCCC1. The molecule has 1 heterocycles. The van der Waals surface area contributed by atoms with Gasteiger partial charge in [-0.25, -0.2) is 4.72 Å². The number of nitrogens with zero attached hydrogens (tertiary/aromatic N) is 1. The van der Waals surface area contributed by atoms with Crippen LogP contribution < -0.4 is 14.2 Å². The van der Waals surface area contributed by atoms with Crippen LogP contribution in [0, 0.1) is 0 Å². The van der Waals surface area contributed by atoms with E-state index in [1.54, 1.807) is 14.2 Å². The Bertz CT molecular complexity index is 641. The van der Waals surface area contributed by atoms with Crippen molar-refractivity contribution < 1.29 is 17.9 Å². The Morgan fingerprint density at radius 3 is 2.55 bits per heavy atom. The summed E-state index contributed by atoms with van der Waals surface area (Å²) in [7, 11) is -0.162. The van der Waals surface area contributed by atoms with E-state index >= 15 is 0 Å². The van der Waals surface area contributed by atoms with Crippen molar-refractivity contribution >= 4 is 10.2 Å². The quantitative estimate of drug-likeness (QED) is 0.917. The molecular formula is C15H22N2O4S. The molecule has 1 saturated heterocycles. The molecule has 1 N–H and O–H groups in total. The van der Waals surface area contributed by atoms with Crippen molar-refractivity contribution in [3.05, 3.63) is 23.8 Å². The lowest BCUT2D eigenvalue weighted by Gasteiger charge is -2.20. The summed E-state index contributed by atoms with van der Waals surface area (Å²) in [4.78, 5) is 0. The van der Waals surface area contributed by atoms with Crippen molar-refractivity contribution in [3.8, 4) is 11.5 Å². The molecule has 0 amide bonds. The van der Waals surface area contributed by atoms with E-state index in [1.807, 2.05) is 18.2 Å². The zero-order valence-electron chi connectivity index (χ0n) is 12.9. The topological polar surface area (TPSA) is 67.9 Å². The van der Waals surface area contributed by atoms with Crippen LogP contribution in [0.3, 0.4) is 0 Å². The van der Waals surface area contributed by atoms with Crippen LogP contribution in [0.15, 0.2) is 18.2 Å². The van der Waals surface area contributed by atoms with E-state index in [0.717, 1.165) is 18.4 Å². The molecule has 0 radical (unpaired) electrons. The predicted molar refractivity (Wildman–Crippen MR) is 83.3 cm³/mol. The van der Waals surface area contributed by atoms with Gasteiger partial charge in [0.15, 0.2) is 11.5 Å². The van der Waals surface area contributed by atoms with E-state index in [1.165, 1.54) is 17.1 Å². The molecule has 1 aliphatic carbocycles. The van der Waals surface area contributed by atoms with Gasteiger partial charge in [0, 0.05) is 13.6 Å². The molecule has 2 aliphatic rings. The van der Waals surface area contributed by atoms with Crippen LogP contribution in [-0.2, 0) is 10.2 Å². The van der Waals surface area contributed by atoms with E-state index in [0.29, 0.717) is 18.0 Å². The smallest absolute Gasteiger partial charge is 0.279 e. The Labute approximate surface area is 131 Å². The van der Waals surface area contributed by atoms with Crippen LogP contribution in [0.25, 0.3) is 0 Å². The summed E-state index contributed by atoms with van der Waals surface area (Å²) in [5.41, 5.74) is 0.907. The molecule has 1 saturated carbocycles. The van der Waals surface area contributed by atoms with Gasteiger partial charge >= 0.3 is 0 Å². The van der Waals surface area contributed by atoms with Crippen LogP contribution >= 0.6 is 0 Å². The third-order valence-corrected chi connectivity index (χ3v) is 5.99. The average Bonchev–Trinajstić information content (AvgIpc) is 3.09. The number of hydrogen-bond acceptors (Lipinski definition) is 4. The minimum absolute atomic E-state index is 0.221. The van der Waals surface area contributed by atoms with Crippen molar-refractivity contribution in [1.82, 2.24) is 9.03 Å². The van der Waals surface area contributed by atoms with E-state index in [2.05, 4.69) is 4.72 Å². The molecule has 7 heteroatoms. The number of likely N-dealkylation sites (N-methyl/N-ethyl adjacent to an activating group) is 1. The summed E-state index contributed by atoms with van der Waals surface area (Å²) < 4.78 is 38.9. The van der Waals surface area contributed by atoms with Crippen molar-refractivity contribution in [2.45, 2.75) is 37.8 Å². The highest BCUT2D eigenvalue weighted by molar-refractivity contribution is 7.87. The highest BCUT2D eigenvalue weighted by Gasteiger charge is 2.35. The molecule has 0 aromatic heterocycles. The van der Waals surface area contributed by atoms with E-state index in [4.69, 9.17) is 9.47 Å². The van der Waals surface area contributed by atoms with Gasteiger partial charge in [0.25, 0.3) is 10.2 Å². The lowest BCUT2D eigenvalue weighted by Crippen LogP contribution is -2.26. The first-order valence-corrected chi connectivity index (χ1v) is 9.02. The maximum atomic E-state index is 11.8. The van der Waals surface area contributed by atoms with Gasteiger partial charge in [-0.1, -0.05) is 6.07 Å². The van der Waals surface area contributed by atoms with Crippen molar-refractivity contribution in [2.75, 3.05) is 20.7 Å². The number of methoxy groups -OCH3 is 1. The fraction of sp³-hybridized carbons (Fsp3) is 0.600. The molecule has 1 atom stereocenters. The first kappa shape index (κ1) is 15.6. The Morgan fingerprint density at radius 1 is 1.23 bits per heavy atom. The lowest BCUT2D eigenvalue weighted by atomic mass is 10.1. The molecule has 22 heavy (non-hydrogen) atoms. The van der Waals surface area contributed by atoms with E-state index < -0.39 is 10.2 Å². The molecule has 0 spiro atoms. The standard InChI is InChI=1S/C15H22N2O4S/c1-17-13(10-16-22(17,18)19)11-7-8-14(20-2)15(9-11)21-12-5-3-4-6-12/h7-9,12-13,16H,3-6,10H2,1-2H3. The Morgan fingerprint density at radius 2 is 1.95 bits per heavy atom. The largest absolute Gasteiger partial charge is 0.493 e. The van der Waals surface area contributed by atoms with Crippen LogP contribution in [0.2, 0.25) is 0 Å². The normalized spacial score (nSPS) is 25.5. The third-order valence-electron chi connectivity index (χ3n) is 4.45. The highest BCUT2D eigenvalue weighted by atomic mass is 32.2. The lowest BCUT2D eigenvalue weighted by molar-refractivity contribution is 0.200. The fourth-order valence-electron chi connectivity index (χ4n) is 3.09. The van der Waals surface area contributed by atoms with Gasteiger partial charge in [-0.3, -0.25) is 0 Å². The van der Waals surface area contributed by atoms with E-state index in [-0.39, 0.29) is 12.1 Å². The summed E-state index contributed by atoms with van der Waals surface area (Å²) >= 11 is 0. The monoisotopic (exact) mass is 326 g/mol. The van der Waals surface area contributed by atoms with Crippen molar-refractivity contribution in [1.29, 1.82) is 0 Å². The fourth-order valence-corrected chi connectivity index (χ4v) is 4.19. The van der Waals surface area contributed by atoms with Gasteiger partial charge in [0.05, 0.1) is 19.3 Å². The minimum atomic E-state index is -3.36. The van der Waals surface area contributed by atoms with E-state index in [9.17, 15) is 8.42 Å². The number of nitrogens with one attached hydrogen (secondary N) is 1. The zero-order chi connectivity index (χ0) is 15.7. The Hall–Kier alpha value is -1.31. The maximum absolute atomic E-state index is 11.8. The summed E-state index contributed by atoms with van der Waals surface area (Å²) in [5.74, 6) is 1.39. The zero-order valence-corrected chi connectivity index (χ0v) is 13.7. The second-order valence-electron chi connectivity index (χ2n) is 5.82. The van der Waals surface area contributed by atoms with Gasteiger partial charge in [-0.05, 0) is 43.4 Å². The molecule has 3 rings (SSSR count). The van der Waals surface area contributed by atoms with Crippen LogP contribution in [0.5, 0.6) is 11.5 Å². The number of hydrogen-bond donors (Lipinski definition) is 1. The predicted octanol–water partition coefficient (Wildman–Crippen LogP) is 1.84. The molecule has 122 valence electrons. The minimum Gasteiger partial charge on any atom is -0.493 e. The second kappa shape index (κ2) is 6.06. The first-order valence-electron chi connectivity index (χ1n) is 7.58. The molecule has 1 aromatic carbocycles. The maximum Gasteiger partial charge on any atom is 0.279 e. The molecular weight excluding hydrogens is 304 g/mol. The highest BCUT2D eigenvalue weighted by Crippen LogP contribution is 2.36. The number of ether oxygens (including phenoxy) is 2. The van der Waals surface area contributed by atoms with Gasteiger partial charge in [0.2, 0.25) is 0 Å². The van der Waals surface area contributed by atoms with Crippen molar-refractivity contribution in [3.63, 3.8) is 0 Å². The van der Waals surface area contributed by atoms with Crippen LogP contribution in [0.4, 0.5) is 0 Å². The third kappa shape index (κ3) is 2.93. The van der Waals surface area contributed by atoms with Gasteiger partial charge in [-0.2, -0.15) is 12.7 Å².